The Kier molecular flexibility index (Phi) is 3.77. The molecule has 0 unspecified atom stereocenters. The summed E-state index contributed by atoms with van der Waals surface area (Å²) in [5, 5.41) is 12.0. The number of nitrogens with zero attached hydrogens (tertiary/aromatic N) is 2. The molecule has 0 spiro atoms. The Morgan fingerprint density at radius 1 is 1.58 bits per heavy atom. The third-order valence-electron chi connectivity index (χ3n) is 2.61. The maximum Gasteiger partial charge on any atom is 0.259 e. The number of thiophene rings is 1. The van der Waals surface area contributed by atoms with E-state index >= 15 is 0 Å². The van der Waals surface area contributed by atoms with Gasteiger partial charge in [-0.15, -0.1) is 11.3 Å². The van der Waals surface area contributed by atoms with Gasteiger partial charge in [-0.25, -0.2) is 18.1 Å². The van der Waals surface area contributed by atoms with Crippen LogP contribution in [0.3, 0.4) is 0 Å². The van der Waals surface area contributed by atoms with Gasteiger partial charge in [-0.05, 0) is 18.4 Å². The van der Waals surface area contributed by atoms with Crippen molar-refractivity contribution >= 4 is 21.4 Å². The molecule has 1 atom stereocenters. The van der Waals surface area contributed by atoms with E-state index in [0.717, 1.165) is 0 Å². The van der Waals surface area contributed by atoms with Gasteiger partial charge < -0.3 is 9.67 Å². The lowest BCUT2D eigenvalue weighted by Crippen LogP contribution is -2.38. The molecule has 0 bridgehead atoms. The molecule has 19 heavy (non-hydrogen) atoms. The molecule has 0 amide bonds. The summed E-state index contributed by atoms with van der Waals surface area (Å²) >= 11 is 1.38. The molecule has 2 aromatic rings. The van der Waals surface area contributed by atoms with Crippen LogP contribution in [0.25, 0.3) is 0 Å². The molecule has 0 aliphatic heterocycles. The van der Waals surface area contributed by atoms with Gasteiger partial charge in [-0.3, -0.25) is 0 Å². The lowest BCUT2D eigenvalue weighted by Gasteiger charge is -2.21. The minimum atomic E-state index is -3.70. The first-order valence-electron chi connectivity index (χ1n) is 5.55. The Morgan fingerprint density at radius 3 is 2.84 bits per heavy atom. The van der Waals surface area contributed by atoms with Crippen molar-refractivity contribution in [2.45, 2.75) is 17.6 Å². The number of hydrogen-bond donors (Lipinski definition) is 2. The minimum Gasteiger partial charge on any atom is -0.383 e. The van der Waals surface area contributed by atoms with Crippen LogP contribution >= 0.6 is 11.3 Å². The molecule has 0 aromatic carbocycles. The van der Waals surface area contributed by atoms with Crippen LogP contribution < -0.4 is 4.72 Å². The zero-order valence-electron chi connectivity index (χ0n) is 10.6. The normalized spacial score (nSPS) is 15.3. The number of hydrogen-bond acceptors (Lipinski definition) is 5. The van der Waals surface area contributed by atoms with Crippen molar-refractivity contribution < 1.29 is 13.5 Å². The molecule has 0 aliphatic carbocycles. The summed E-state index contributed by atoms with van der Waals surface area (Å²) in [4.78, 5) is 4.49. The van der Waals surface area contributed by atoms with Crippen molar-refractivity contribution in [3.63, 3.8) is 0 Å². The smallest absolute Gasteiger partial charge is 0.259 e. The van der Waals surface area contributed by atoms with Gasteiger partial charge in [0.1, 0.15) is 5.60 Å². The predicted octanol–water partition coefficient (Wildman–Crippen LogP) is 0.668. The lowest BCUT2D eigenvalue weighted by molar-refractivity contribution is 0.0666. The van der Waals surface area contributed by atoms with Crippen LogP contribution in [0, 0.1) is 0 Å². The quantitative estimate of drug-likeness (QED) is 0.850. The van der Waals surface area contributed by atoms with Gasteiger partial charge in [0.05, 0.1) is 6.33 Å². The van der Waals surface area contributed by atoms with E-state index in [1.54, 1.807) is 24.6 Å². The van der Waals surface area contributed by atoms with Gasteiger partial charge in [0, 0.05) is 24.7 Å². The largest absolute Gasteiger partial charge is 0.383 e. The number of aliphatic hydroxyl groups is 1. The molecule has 2 heterocycles. The van der Waals surface area contributed by atoms with Crippen molar-refractivity contribution in [3.8, 4) is 0 Å². The Bertz CT molecular complexity index is 645. The topological polar surface area (TPSA) is 84.2 Å². The first kappa shape index (κ1) is 14.2. The number of aromatic nitrogens is 2. The van der Waals surface area contributed by atoms with Crippen LogP contribution in [-0.4, -0.2) is 29.6 Å². The maximum absolute atomic E-state index is 12.0. The minimum absolute atomic E-state index is 0.0584. The first-order chi connectivity index (χ1) is 8.81. The van der Waals surface area contributed by atoms with Crippen LogP contribution in [-0.2, 0) is 22.7 Å². The van der Waals surface area contributed by atoms with Gasteiger partial charge in [0.2, 0.25) is 0 Å². The van der Waals surface area contributed by atoms with E-state index in [2.05, 4.69) is 9.71 Å². The second kappa shape index (κ2) is 5.04. The molecule has 0 radical (unpaired) electrons. The van der Waals surface area contributed by atoms with Gasteiger partial charge >= 0.3 is 0 Å². The highest BCUT2D eigenvalue weighted by Crippen LogP contribution is 2.24. The highest BCUT2D eigenvalue weighted by Gasteiger charge is 2.27. The monoisotopic (exact) mass is 301 g/mol. The molecule has 0 aliphatic rings. The molecule has 0 saturated carbocycles. The molecular formula is C11H15N3O3S2. The van der Waals surface area contributed by atoms with Crippen molar-refractivity contribution in [3.05, 3.63) is 34.9 Å². The van der Waals surface area contributed by atoms with E-state index in [4.69, 9.17) is 0 Å². The molecule has 2 N–H and O–H groups in total. The van der Waals surface area contributed by atoms with Crippen LogP contribution in [0.5, 0.6) is 0 Å². The van der Waals surface area contributed by atoms with Crippen LogP contribution in [0.15, 0.2) is 35.1 Å². The van der Waals surface area contributed by atoms with E-state index in [9.17, 15) is 13.5 Å². The first-order valence-corrected chi connectivity index (χ1v) is 7.91. The van der Waals surface area contributed by atoms with Crippen molar-refractivity contribution in [2.24, 2.45) is 7.05 Å². The Morgan fingerprint density at radius 2 is 2.32 bits per heavy atom. The molecule has 0 saturated heterocycles. The van der Waals surface area contributed by atoms with Crippen LogP contribution in [0.2, 0.25) is 0 Å². The van der Waals surface area contributed by atoms with E-state index in [-0.39, 0.29) is 11.6 Å². The number of aryl methyl sites for hydroxylation is 1. The predicted molar refractivity (Wildman–Crippen MR) is 72.3 cm³/mol. The van der Waals surface area contributed by atoms with E-state index < -0.39 is 15.6 Å². The van der Waals surface area contributed by atoms with Crippen LogP contribution in [0.1, 0.15) is 11.8 Å². The summed E-state index contributed by atoms with van der Waals surface area (Å²) < 4.78 is 27.9. The van der Waals surface area contributed by atoms with Gasteiger partial charge in [0.25, 0.3) is 10.0 Å². The molecule has 0 fully saturated rings. The van der Waals surface area contributed by atoms with E-state index in [1.165, 1.54) is 23.9 Å². The fraction of sp³-hybridized carbons (Fsp3) is 0.364. The molecular weight excluding hydrogens is 286 g/mol. The Balaban J connectivity index is 2.10. The SMILES string of the molecule is Cn1cnc(S(=O)(=O)NC[C@](C)(O)c2cccs2)c1. The highest BCUT2D eigenvalue weighted by atomic mass is 32.2. The van der Waals surface area contributed by atoms with Gasteiger partial charge in [-0.2, -0.15) is 0 Å². The average molecular weight is 301 g/mol. The molecule has 104 valence electrons. The van der Waals surface area contributed by atoms with Crippen LogP contribution in [0.4, 0.5) is 0 Å². The molecule has 8 heteroatoms. The number of nitrogens with one attached hydrogen (secondary N) is 1. The fourth-order valence-corrected chi connectivity index (χ4v) is 3.41. The molecule has 2 rings (SSSR count). The second-order valence-electron chi connectivity index (χ2n) is 4.45. The number of sulfonamides is 1. The summed E-state index contributed by atoms with van der Waals surface area (Å²) in [6.07, 6.45) is 2.81. The molecule has 6 nitrogen and oxygen atoms in total. The van der Waals surface area contributed by atoms with Crippen molar-refractivity contribution in [1.29, 1.82) is 0 Å². The highest BCUT2D eigenvalue weighted by molar-refractivity contribution is 7.89. The second-order valence-corrected chi connectivity index (χ2v) is 7.11. The summed E-state index contributed by atoms with van der Waals surface area (Å²) in [6, 6.07) is 3.57. The van der Waals surface area contributed by atoms with Crippen molar-refractivity contribution in [1.82, 2.24) is 14.3 Å². The Labute approximate surface area is 115 Å². The third-order valence-corrected chi connectivity index (χ3v) is 5.02. The fourth-order valence-electron chi connectivity index (χ4n) is 1.51. The number of rotatable bonds is 5. The summed E-state index contributed by atoms with van der Waals surface area (Å²) in [5.74, 6) is 0. The van der Waals surface area contributed by atoms with E-state index in [1.807, 2.05) is 11.4 Å². The third kappa shape index (κ3) is 3.21. The Hall–Kier alpha value is -1.22. The maximum atomic E-state index is 12.0. The zero-order chi connectivity index (χ0) is 14.1. The summed E-state index contributed by atoms with van der Waals surface area (Å²) in [7, 11) is -2.01. The molecule has 2 aromatic heterocycles. The summed E-state index contributed by atoms with van der Waals surface area (Å²) in [6.45, 7) is 1.46. The average Bonchev–Trinajstić information content (AvgIpc) is 2.97. The summed E-state index contributed by atoms with van der Waals surface area (Å²) in [5.41, 5.74) is -1.24. The van der Waals surface area contributed by atoms with E-state index in [0.29, 0.717) is 4.88 Å². The number of imidazole rings is 1. The lowest BCUT2D eigenvalue weighted by atomic mass is 10.1. The van der Waals surface area contributed by atoms with Gasteiger partial charge in [0.15, 0.2) is 5.03 Å². The van der Waals surface area contributed by atoms with Gasteiger partial charge in [-0.1, -0.05) is 6.07 Å². The standard InChI is InChI=1S/C11H15N3O3S2/c1-11(15,9-4-3-5-18-9)7-13-19(16,17)10-6-14(2)8-12-10/h3-6,8,13,15H,7H2,1-2H3/t11-/m0/s1. The van der Waals surface area contributed by atoms with Crippen molar-refractivity contribution in [2.75, 3.05) is 6.54 Å². The zero-order valence-corrected chi connectivity index (χ0v) is 12.2.